The number of hydrogen-bond acceptors (Lipinski definition) is 3. The minimum Gasteiger partial charge on any atom is -0.308 e. The number of halogens is 1. The van der Waals surface area contributed by atoms with Crippen molar-refractivity contribution in [2.24, 2.45) is 10.8 Å². The Morgan fingerprint density at radius 1 is 1.24 bits per heavy atom. The summed E-state index contributed by atoms with van der Waals surface area (Å²) in [6.07, 6.45) is 3.20. The van der Waals surface area contributed by atoms with Crippen LogP contribution in [0, 0.1) is 5.82 Å². The summed E-state index contributed by atoms with van der Waals surface area (Å²) < 4.78 is 13.5. The minimum atomic E-state index is -0.381. The van der Waals surface area contributed by atoms with Gasteiger partial charge in [0, 0.05) is 6.20 Å². The van der Waals surface area contributed by atoms with Crippen LogP contribution in [0.15, 0.2) is 53.8 Å². The van der Waals surface area contributed by atoms with Crippen LogP contribution in [0.5, 0.6) is 0 Å². The zero-order valence-corrected chi connectivity index (χ0v) is 8.97. The van der Waals surface area contributed by atoms with Gasteiger partial charge in [-0.1, -0.05) is 12.1 Å². The number of hydrazine groups is 1. The second-order valence-corrected chi connectivity index (χ2v) is 3.30. The molecule has 0 unspecified atom stereocenters. The second kappa shape index (κ2) is 5.18. The van der Waals surface area contributed by atoms with Gasteiger partial charge in [0.25, 0.3) is 0 Å². The summed E-state index contributed by atoms with van der Waals surface area (Å²) >= 11 is 0. The molecule has 0 amide bonds. The predicted octanol–water partition coefficient (Wildman–Crippen LogP) is 1.76. The molecule has 0 atom stereocenters. The predicted molar refractivity (Wildman–Crippen MR) is 64.2 cm³/mol. The van der Waals surface area contributed by atoms with E-state index in [0.29, 0.717) is 11.3 Å². The lowest BCUT2D eigenvalue weighted by molar-refractivity contribution is 0.624. The second-order valence-electron chi connectivity index (χ2n) is 3.30. The zero-order chi connectivity index (χ0) is 12.1. The number of benzene rings is 1. The van der Waals surface area contributed by atoms with Crippen molar-refractivity contribution >= 4 is 11.5 Å². The van der Waals surface area contributed by atoms with E-state index in [0.717, 1.165) is 0 Å². The molecule has 4 nitrogen and oxygen atoms in total. The van der Waals surface area contributed by atoms with Gasteiger partial charge in [-0.3, -0.25) is 4.98 Å². The first-order valence-corrected chi connectivity index (χ1v) is 5.01. The van der Waals surface area contributed by atoms with E-state index in [1.807, 2.05) is 0 Å². The summed E-state index contributed by atoms with van der Waals surface area (Å²) in [5, 5.41) is 0. The molecule has 1 heterocycles. The molecule has 0 aliphatic rings. The van der Waals surface area contributed by atoms with E-state index in [1.165, 1.54) is 6.07 Å². The van der Waals surface area contributed by atoms with E-state index < -0.39 is 0 Å². The van der Waals surface area contributed by atoms with Crippen molar-refractivity contribution in [3.05, 3.63) is 60.2 Å². The van der Waals surface area contributed by atoms with Crippen LogP contribution in [-0.4, -0.2) is 10.8 Å². The van der Waals surface area contributed by atoms with Gasteiger partial charge < -0.3 is 5.43 Å². The normalized spacial score (nSPS) is 11.3. The number of hydrogen-bond donors (Lipinski definition) is 2. The van der Waals surface area contributed by atoms with Gasteiger partial charge in [-0.25, -0.2) is 15.2 Å². The SMILES string of the molecule is NNC(=Nc1cccnc1)c1ccccc1F. The molecule has 1 aromatic heterocycles. The van der Waals surface area contributed by atoms with Gasteiger partial charge in [-0.05, 0) is 24.3 Å². The van der Waals surface area contributed by atoms with Crippen molar-refractivity contribution < 1.29 is 4.39 Å². The van der Waals surface area contributed by atoms with E-state index in [9.17, 15) is 4.39 Å². The van der Waals surface area contributed by atoms with E-state index in [1.54, 1.807) is 42.7 Å². The quantitative estimate of drug-likeness (QED) is 0.357. The molecule has 0 spiro atoms. The first-order valence-electron chi connectivity index (χ1n) is 5.01. The van der Waals surface area contributed by atoms with Crippen LogP contribution in [-0.2, 0) is 0 Å². The van der Waals surface area contributed by atoms with E-state index in [4.69, 9.17) is 5.84 Å². The fourth-order valence-corrected chi connectivity index (χ4v) is 1.37. The average Bonchev–Trinajstić information content (AvgIpc) is 2.38. The van der Waals surface area contributed by atoms with Crippen LogP contribution in [0.3, 0.4) is 0 Å². The van der Waals surface area contributed by atoms with Crippen molar-refractivity contribution in [2.45, 2.75) is 0 Å². The van der Waals surface area contributed by atoms with Gasteiger partial charge in [0.15, 0.2) is 5.84 Å². The third-order valence-corrected chi connectivity index (χ3v) is 2.15. The van der Waals surface area contributed by atoms with Gasteiger partial charge >= 0.3 is 0 Å². The molecule has 86 valence electrons. The maximum Gasteiger partial charge on any atom is 0.150 e. The summed E-state index contributed by atoms with van der Waals surface area (Å²) in [7, 11) is 0. The van der Waals surface area contributed by atoms with Crippen LogP contribution in [0.4, 0.5) is 10.1 Å². The van der Waals surface area contributed by atoms with Crippen molar-refractivity contribution in [1.82, 2.24) is 10.4 Å². The van der Waals surface area contributed by atoms with Crippen molar-refractivity contribution in [2.75, 3.05) is 0 Å². The summed E-state index contributed by atoms with van der Waals surface area (Å²) in [5.74, 6) is 5.23. The first kappa shape index (κ1) is 11.2. The minimum absolute atomic E-state index is 0.260. The van der Waals surface area contributed by atoms with Gasteiger partial charge in [0.05, 0.1) is 17.4 Å². The Hall–Kier alpha value is -2.27. The molecule has 0 aliphatic carbocycles. The number of rotatable bonds is 2. The number of nitrogens with zero attached hydrogens (tertiary/aromatic N) is 2. The van der Waals surface area contributed by atoms with Gasteiger partial charge in [0.1, 0.15) is 5.82 Å². The fraction of sp³-hybridized carbons (Fsp3) is 0. The lowest BCUT2D eigenvalue weighted by Crippen LogP contribution is -2.31. The fourth-order valence-electron chi connectivity index (χ4n) is 1.37. The molecule has 0 radical (unpaired) electrons. The van der Waals surface area contributed by atoms with Crippen LogP contribution >= 0.6 is 0 Å². The van der Waals surface area contributed by atoms with Crippen molar-refractivity contribution in [3.8, 4) is 0 Å². The molecular weight excluding hydrogens is 219 g/mol. The summed E-state index contributed by atoms with van der Waals surface area (Å²) in [6.45, 7) is 0. The van der Waals surface area contributed by atoms with E-state index in [2.05, 4.69) is 15.4 Å². The number of aromatic nitrogens is 1. The summed E-state index contributed by atoms with van der Waals surface area (Å²) in [4.78, 5) is 8.10. The Morgan fingerprint density at radius 3 is 2.71 bits per heavy atom. The highest BCUT2D eigenvalue weighted by atomic mass is 19.1. The smallest absolute Gasteiger partial charge is 0.150 e. The Kier molecular flexibility index (Phi) is 3.42. The van der Waals surface area contributed by atoms with Crippen LogP contribution < -0.4 is 11.3 Å². The lowest BCUT2D eigenvalue weighted by Gasteiger charge is -2.06. The third-order valence-electron chi connectivity index (χ3n) is 2.15. The van der Waals surface area contributed by atoms with Crippen LogP contribution in [0.2, 0.25) is 0 Å². The van der Waals surface area contributed by atoms with Gasteiger partial charge in [-0.2, -0.15) is 0 Å². The molecule has 1 aromatic carbocycles. The van der Waals surface area contributed by atoms with Gasteiger partial charge in [-0.15, -0.1) is 0 Å². The number of aliphatic imine (C=N–C) groups is 1. The maximum atomic E-state index is 13.5. The maximum absolute atomic E-state index is 13.5. The molecule has 0 aliphatic heterocycles. The molecule has 0 fully saturated rings. The van der Waals surface area contributed by atoms with E-state index >= 15 is 0 Å². The summed E-state index contributed by atoms with van der Waals surface area (Å²) in [5.41, 5.74) is 3.31. The van der Waals surface area contributed by atoms with Crippen molar-refractivity contribution in [3.63, 3.8) is 0 Å². The Morgan fingerprint density at radius 2 is 2.06 bits per heavy atom. The third kappa shape index (κ3) is 2.64. The van der Waals surface area contributed by atoms with Crippen LogP contribution in [0.1, 0.15) is 5.56 Å². The molecule has 0 saturated carbocycles. The highest BCUT2D eigenvalue weighted by Crippen LogP contribution is 2.12. The summed E-state index contributed by atoms with van der Waals surface area (Å²) in [6, 6.07) is 9.78. The molecule has 17 heavy (non-hydrogen) atoms. The number of amidine groups is 1. The Labute approximate surface area is 98.0 Å². The molecule has 3 N–H and O–H groups in total. The van der Waals surface area contributed by atoms with Crippen LogP contribution in [0.25, 0.3) is 0 Å². The number of nitrogens with two attached hydrogens (primary N) is 1. The number of pyridine rings is 1. The molecule has 2 aromatic rings. The monoisotopic (exact) mass is 230 g/mol. The first-order chi connectivity index (χ1) is 8.31. The highest BCUT2D eigenvalue weighted by Gasteiger charge is 2.07. The number of nitrogens with one attached hydrogen (secondary N) is 1. The van der Waals surface area contributed by atoms with Gasteiger partial charge in [0.2, 0.25) is 0 Å². The topological polar surface area (TPSA) is 63.3 Å². The molecule has 0 bridgehead atoms. The average molecular weight is 230 g/mol. The largest absolute Gasteiger partial charge is 0.308 e. The molecule has 2 rings (SSSR count). The molecule has 5 heteroatoms. The lowest BCUT2D eigenvalue weighted by atomic mass is 10.2. The van der Waals surface area contributed by atoms with E-state index in [-0.39, 0.29) is 11.7 Å². The molecule has 0 saturated heterocycles. The Balaban J connectivity index is 2.41. The molecular formula is C12H11FN4. The Bertz CT molecular complexity index is 525. The zero-order valence-electron chi connectivity index (χ0n) is 8.97. The van der Waals surface area contributed by atoms with Crippen molar-refractivity contribution in [1.29, 1.82) is 0 Å². The highest BCUT2D eigenvalue weighted by molar-refractivity contribution is 6.00. The standard InChI is InChI=1S/C12H11FN4/c13-11-6-2-1-5-10(11)12(17-14)16-9-4-3-7-15-8-9/h1-8H,14H2,(H,16,17).